The molecule has 0 fully saturated rings. The summed E-state index contributed by atoms with van der Waals surface area (Å²) in [6, 6.07) is 0. The van der Waals surface area contributed by atoms with Gasteiger partial charge in [-0.1, -0.05) is 7.43 Å². The molecule has 0 amide bonds. The second-order valence-electron chi connectivity index (χ2n) is 0. The van der Waals surface area contributed by atoms with Crippen molar-refractivity contribution in [3.8, 4) is 0 Å². The van der Waals surface area contributed by atoms with Crippen LogP contribution in [0.3, 0.4) is 0 Å². The van der Waals surface area contributed by atoms with Gasteiger partial charge in [0.2, 0.25) is 0 Å². The molecule has 0 aliphatic heterocycles. The van der Waals surface area contributed by atoms with E-state index in [0.29, 0.717) is 0 Å². The first-order chi connectivity index (χ1) is 0. The summed E-state index contributed by atoms with van der Waals surface area (Å²) in [5.74, 6) is 0. The Morgan fingerprint density at radius 2 is 0.750 bits per heavy atom. The predicted molar refractivity (Wildman–Crippen MR) is 19.7 cm³/mol. The van der Waals surface area contributed by atoms with Gasteiger partial charge in [0, 0.05) is 18.9 Å². The Morgan fingerprint density at radius 3 is 0.750 bits per heavy atom. The van der Waals surface area contributed by atoms with Crippen LogP contribution in [0, 0.1) is 0 Å². The summed E-state index contributed by atoms with van der Waals surface area (Å²) < 4.78 is 0. The molecule has 0 aromatic carbocycles. The molecular weight excluding hydrogens is 51.0 g/mol. The van der Waals surface area contributed by atoms with Crippen LogP contribution in [0.25, 0.3) is 0 Å². The van der Waals surface area contributed by atoms with E-state index in [1.54, 1.807) is 0 Å². The monoisotopic (exact) mass is 59.1 g/mol. The smallest absolute Gasteiger partial charge is 0 e. The minimum atomic E-state index is 0. The maximum absolute atomic E-state index is 0. The van der Waals surface area contributed by atoms with Crippen molar-refractivity contribution in [3.63, 3.8) is 0 Å². The Kier molecular flexibility index (Phi) is 4350. The molecule has 3 heteroatoms. The van der Waals surface area contributed by atoms with Crippen molar-refractivity contribution in [1.29, 1.82) is 0 Å². The quantitative estimate of drug-likeness (QED) is 0.308. The molecule has 0 aromatic heterocycles. The molecule has 0 saturated heterocycles. The third kappa shape index (κ3) is 21.7. The second kappa shape index (κ2) is 83.3. The second-order valence-corrected chi connectivity index (χ2v) is 0. The maximum Gasteiger partial charge on any atom is 0 e. The van der Waals surface area contributed by atoms with Gasteiger partial charge >= 0.3 is 0 Å². The molecule has 0 aromatic rings. The van der Waals surface area contributed by atoms with Crippen LogP contribution in [-0.2, 0) is 0 Å². The standard InChI is InChI=1S/CH4.Li.2H2O/h1H4;;2*1H2. The van der Waals surface area contributed by atoms with Gasteiger partial charge in [-0.3, -0.25) is 0 Å². The van der Waals surface area contributed by atoms with Crippen molar-refractivity contribution in [1.82, 2.24) is 0 Å². The van der Waals surface area contributed by atoms with E-state index < -0.39 is 0 Å². The average Bonchev–Trinajstić information content (AvgIpc) is 0. The summed E-state index contributed by atoms with van der Waals surface area (Å²) in [4.78, 5) is 0. The summed E-state index contributed by atoms with van der Waals surface area (Å²) in [6.45, 7) is 0. The van der Waals surface area contributed by atoms with Crippen molar-refractivity contribution in [2.24, 2.45) is 0 Å². The van der Waals surface area contributed by atoms with Crippen molar-refractivity contribution in [2.45, 2.75) is 7.43 Å². The third-order valence-electron chi connectivity index (χ3n) is 0. The van der Waals surface area contributed by atoms with Crippen molar-refractivity contribution in [3.05, 3.63) is 0 Å². The van der Waals surface area contributed by atoms with Gasteiger partial charge in [-0.2, -0.15) is 0 Å². The van der Waals surface area contributed by atoms with Gasteiger partial charge in [-0.05, 0) is 0 Å². The van der Waals surface area contributed by atoms with Crippen LogP contribution in [0.4, 0.5) is 0 Å². The molecule has 4 N–H and O–H groups in total. The fraction of sp³-hybridized carbons (Fsp3) is 1.00. The minimum absolute atomic E-state index is 0. The molecule has 0 aliphatic rings. The first kappa shape index (κ1) is 209. The molecule has 0 unspecified atom stereocenters. The Bertz CT molecular complexity index is 6.00. The average molecular weight is 59.0 g/mol. The Labute approximate surface area is 38.0 Å². The first-order valence-corrected chi connectivity index (χ1v) is 0. The SMILES string of the molecule is C.O.O.[Li]. The maximum atomic E-state index is 0. The molecule has 0 aliphatic carbocycles. The van der Waals surface area contributed by atoms with Gasteiger partial charge < -0.3 is 11.0 Å². The van der Waals surface area contributed by atoms with Crippen LogP contribution in [0.2, 0.25) is 0 Å². The van der Waals surface area contributed by atoms with Gasteiger partial charge in [0.05, 0.1) is 0 Å². The first-order valence-electron chi connectivity index (χ1n) is 0. The van der Waals surface area contributed by atoms with E-state index in [1.165, 1.54) is 0 Å². The van der Waals surface area contributed by atoms with Gasteiger partial charge in [-0.25, -0.2) is 0 Å². The fourth-order valence-corrected chi connectivity index (χ4v) is 0. The molecule has 0 saturated carbocycles. The van der Waals surface area contributed by atoms with Crippen molar-refractivity contribution in [2.75, 3.05) is 0 Å². The predicted octanol–water partition coefficient (Wildman–Crippen LogP) is -1.39. The normalized spacial score (nSPS) is 0. The van der Waals surface area contributed by atoms with Crippen LogP contribution in [0.15, 0.2) is 0 Å². The molecule has 0 rings (SSSR count). The number of rotatable bonds is 0. The van der Waals surface area contributed by atoms with Crippen LogP contribution >= 0.6 is 0 Å². The largest absolute Gasteiger partial charge is 0.412 e. The van der Waals surface area contributed by atoms with Gasteiger partial charge in [-0.15, -0.1) is 0 Å². The minimum Gasteiger partial charge on any atom is -0.412 e. The van der Waals surface area contributed by atoms with E-state index in [1.807, 2.05) is 0 Å². The van der Waals surface area contributed by atoms with Crippen LogP contribution in [-0.4, -0.2) is 29.8 Å². The van der Waals surface area contributed by atoms with Gasteiger partial charge in [0.1, 0.15) is 0 Å². The van der Waals surface area contributed by atoms with E-state index in [0.717, 1.165) is 0 Å². The molecule has 0 atom stereocenters. The van der Waals surface area contributed by atoms with E-state index in [-0.39, 0.29) is 37.2 Å². The summed E-state index contributed by atoms with van der Waals surface area (Å²) in [5.41, 5.74) is 0. The van der Waals surface area contributed by atoms with Crippen molar-refractivity contribution >= 4 is 18.9 Å². The summed E-state index contributed by atoms with van der Waals surface area (Å²) >= 11 is 0. The molecule has 0 spiro atoms. The molecular formula is CH8LiO2. The van der Waals surface area contributed by atoms with Gasteiger partial charge in [0.15, 0.2) is 0 Å². The fourth-order valence-electron chi connectivity index (χ4n) is 0. The summed E-state index contributed by atoms with van der Waals surface area (Å²) in [5, 5.41) is 0. The van der Waals surface area contributed by atoms with E-state index >= 15 is 0 Å². The third-order valence-corrected chi connectivity index (χ3v) is 0. The molecule has 0 heterocycles. The Morgan fingerprint density at radius 1 is 0.750 bits per heavy atom. The van der Waals surface area contributed by atoms with Crippen LogP contribution < -0.4 is 0 Å². The number of hydrogen-bond acceptors (Lipinski definition) is 0. The Hall–Kier alpha value is 0.517. The summed E-state index contributed by atoms with van der Waals surface area (Å²) in [6.07, 6.45) is 0. The topological polar surface area (TPSA) is 63.0 Å². The van der Waals surface area contributed by atoms with E-state index in [9.17, 15) is 0 Å². The molecule has 1 radical (unpaired) electrons. The van der Waals surface area contributed by atoms with Crippen LogP contribution in [0.1, 0.15) is 7.43 Å². The molecule has 0 bridgehead atoms. The van der Waals surface area contributed by atoms with Crippen molar-refractivity contribution < 1.29 is 11.0 Å². The zero-order valence-corrected chi connectivity index (χ0v) is 2.00. The van der Waals surface area contributed by atoms with Gasteiger partial charge in [0.25, 0.3) is 0 Å². The van der Waals surface area contributed by atoms with E-state index in [2.05, 4.69) is 0 Å². The van der Waals surface area contributed by atoms with Crippen LogP contribution in [0.5, 0.6) is 0 Å². The zero-order valence-electron chi connectivity index (χ0n) is 2.00. The van der Waals surface area contributed by atoms with E-state index in [4.69, 9.17) is 0 Å². The molecule has 4 heavy (non-hydrogen) atoms. The Balaban J connectivity index is 0. The zero-order chi connectivity index (χ0) is 0. The molecule has 2 nitrogen and oxygen atoms in total. The number of hydrogen-bond donors (Lipinski definition) is 0. The summed E-state index contributed by atoms with van der Waals surface area (Å²) in [7, 11) is 0. The molecule has 25 valence electrons.